The van der Waals surface area contributed by atoms with E-state index in [1.807, 2.05) is 13.0 Å². The van der Waals surface area contributed by atoms with E-state index in [1.54, 1.807) is 14.0 Å². The van der Waals surface area contributed by atoms with E-state index in [2.05, 4.69) is 132 Å². The Labute approximate surface area is 251 Å². The van der Waals surface area contributed by atoms with Crippen LogP contribution in [0.1, 0.15) is 19.4 Å². The second kappa shape index (κ2) is 10.8. The van der Waals surface area contributed by atoms with Gasteiger partial charge in [0.2, 0.25) is 0 Å². The Bertz CT molecular complexity index is 2150. The number of ether oxygens (including phenoxy) is 1. The van der Waals surface area contributed by atoms with Gasteiger partial charge in [-0.05, 0) is 76.2 Å². The standard InChI is InChI=1S/C40H31NO2/c1-26(42)38(27(2)43-3)33-22-18-29-20-24-35-37(25-21-30-19-23-34(33)39(29)40(30)35)41(31-14-8-5-9-15-31)36-17-11-10-16-32(36)28-12-6-4-7-13-28/h4-25H,1-3H3/b38-27+. The van der Waals surface area contributed by atoms with Crippen molar-refractivity contribution in [1.82, 2.24) is 0 Å². The van der Waals surface area contributed by atoms with Crippen molar-refractivity contribution in [2.45, 2.75) is 13.8 Å². The summed E-state index contributed by atoms with van der Waals surface area (Å²) < 4.78 is 5.57. The van der Waals surface area contributed by atoms with Gasteiger partial charge in [0, 0.05) is 16.6 Å². The maximum absolute atomic E-state index is 12.9. The Morgan fingerprint density at radius 3 is 1.86 bits per heavy atom. The number of ketones is 1. The molecule has 3 nitrogen and oxygen atoms in total. The summed E-state index contributed by atoms with van der Waals surface area (Å²) in [7, 11) is 1.62. The Morgan fingerprint density at radius 1 is 0.581 bits per heavy atom. The molecule has 0 atom stereocenters. The van der Waals surface area contributed by atoms with Crippen LogP contribution in [-0.2, 0) is 9.53 Å². The molecular formula is C40H31NO2. The van der Waals surface area contributed by atoms with Crippen molar-refractivity contribution in [1.29, 1.82) is 0 Å². The van der Waals surface area contributed by atoms with Gasteiger partial charge in [-0.15, -0.1) is 0 Å². The van der Waals surface area contributed by atoms with Crippen molar-refractivity contribution in [3.8, 4) is 11.1 Å². The maximum atomic E-state index is 12.9. The highest BCUT2D eigenvalue weighted by atomic mass is 16.5. The van der Waals surface area contributed by atoms with E-state index < -0.39 is 0 Å². The van der Waals surface area contributed by atoms with E-state index in [0.717, 1.165) is 55.1 Å². The van der Waals surface area contributed by atoms with Crippen LogP contribution in [0.25, 0.3) is 49.0 Å². The highest BCUT2D eigenvalue weighted by Gasteiger charge is 2.22. The second-order valence-corrected chi connectivity index (χ2v) is 10.9. The largest absolute Gasteiger partial charge is 0.501 e. The summed E-state index contributed by atoms with van der Waals surface area (Å²) in [5.74, 6) is 0.610. The molecule has 0 unspecified atom stereocenters. The minimum atomic E-state index is -0.0113. The molecule has 7 rings (SSSR count). The normalized spacial score (nSPS) is 12.1. The molecule has 0 aliphatic rings. The lowest BCUT2D eigenvalue weighted by Crippen LogP contribution is -2.11. The Hall–Kier alpha value is -5.41. The molecule has 0 N–H and O–H groups in total. The zero-order chi connectivity index (χ0) is 29.5. The molecule has 0 spiro atoms. The van der Waals surface area contributed by atoms with Gasteiger partial charge in [0.1, 0.15) is 5.76 Å². The third-order valence-electron chi connectivity index (χ3n) is 8.41. The van der Waals surface area contributed by atoms with Crippen molar-refractivity contribution in [3.05, 3.63) is 145 Å². The highest BCUT2D eigenvalue weighted by Crippen LogP contribution is 2.47. The van der Waals surface area contributed by atoms with Crippen LogP contribution < -0.4 is 4.90 Å². The molecule has 43 heavy (non-hydrogen) atoms. The highest BCUT2D eigenvalue weighted by molar-refractivity contribution is 6.30. The first-order valence-corrected chi connectivity index (χ1v) is 14.5. The van der Waals surface area contributed by atoms with Crippen LogP contribution in [0.2, 0.25) is 0 Å². The van der Waals surface area contributed by atoms with Crippen molar-refractivity contribution in [2.24, 2.45) is 0 Å². The predicted octanol–water partition coefficient (Wildman–Crippen LogP) is 10.7. The molecule has 0 aromatic heterocycles. The molecular weight excluding hydrogens is 526 g/mol. The number of carbonyl (C=O) groups is 1. The minimum absolute atomic E-state index is 0.0113. The molecule has 0 aliphatic heterocycles. The van der Waals surface area contributed by atoms with Gasteiger partial charge in [-0.3, -0.25) is 4.79 Å². The van der Waals surface area contributed by atoms with Gasteiger partial charge in [-0.2, -0.15) is 0 Å². The van der Waals surface area contributed by atoms with Crippen LogP contribution >= 0.6 is 0 Å². The van der Waals surface area contributed by atoms with Crippen LogP contribution in [0, 0.1) is 0 Å². The number of anilines is 3. The Morgan fingerprint density at radius 2 is 1.16 bits per heavy atom. The number of carbonyl (C=O) groups excluding carboxylic acids is 1. The molecule has 7 aromatic rings. The summed E-state index contributed by atoms with van der Waals surface area (Å²) in [6, 6.07) is 47.1. The summed E-state index contributed by atoms with van der Waals surface area (Å²) in [6.07, 6.45) is 0. The van der Waals surface area contributed by atoms with E-state index in [1.165, 1.54) is 10.9 Å². The fourth-order valence-electron chi connectivity index (χ4n) is 6.44. The average Bonchev–Trinajstić information content (AvgIpc) is 3.05. The molecule has 0 radical (unpaired) electrons. The number of hydrogen-bond donors (Lipinski definition) is 0. The third kappa shape index (κ3) is 4.41. The third-order valence-corrected chi connectivity index (χ3v) is 8.41. The SMILES string of the molecule is CO/C(C)=C(\C(C)=O)c1ccc2ccc3c(N(c4ccccc4)c4ccccc4-c4ccccc4)ccc4ccc1c2c43. The molecule has 208 valence electrons. The van der Waals surface area contributed by atoms with Crippen molar-refractivity contribution in [2.75, 3.05) is 12.0 Å². The number of benzene rings is 7. The average molecular weight is 558 g/mol. The van der Waals surface area contributed by atoms with Crippen LogP contribution in [0.3, 0.4) is 0 Å². The fourth-order valence-corrected chi connectivity index (χ4v) is 6.44. The number of Topliss-reactive ketones (excluding diaryl/α,β-unsaturated/α-hetero) is 1. The summed E-state index contributed by atoms with van der Waals surface area (Å²) in [6.45, 7) is 3.46. The zero-order valence-corrected chi connectivity index (χ0v) is 24.5. The smallest absolute Gasteiger partial charge is 0.163 e. The first-order chi connectivity index (χ1) is 21.1. The molecule has 0 amide bonds. The Kier molecular flexibility index (Phi) is 6.64. The lowest BCUT2D eigenvalue weighted by atomic mass is 9.88. The summed E-state index contributed by atoms with van der Waals surface area (Å²) in [4.78, 5) is 15.2. The molecule has 0 bridgehead atoms. The van der Waals surface area contributed by atoms with Crippen LogP contribution in [0.5, 0.6) is 0 Å². The summed E-state index contributed by atoms with van der Waals surface area (Å²) >= 11 is 0. The van der Waals surface area contributed by atoms with Gasteiger partial charge < -0.3 is 9.64 Å². The molecule has 0 saturated carbocycles. The van der Waals surface area contributed by atoms with E-state index in [9.17, 15) is 4.79 Å². The van der Waals surface area contributed by atoms with Crippen molar-refractivity contribution >= 4 is 60.7 Å². The van der Waals surface area contributed by atoms with Crippen LogP contribution in [-0.4, -0.2) is 12.9 Å². The van der Waals surface area contributed by atoms with Gasteiger partial charge in [0.25, 0.3) is 0 Å². The fraction of sp³-hybridized carbons (Fsp3) is 0.0750. The van der Waals surface area contributed by atoms with E-state index in [-0.39, 0.29) is 5.78 Å². The minimum Gasteiger partial charge on any atom is -0.501 e. The lowest BCUT2D eigenvalue weighted by Gasteiger charge is -2.29. The molecule has 0 fully saturated rings. The monoisotopic (exact) mass is 557 g/mol. The van der Waals surface area contributed by atoms with E-state index >= 15 is 0 Å². The van der Waals surface area contributed by atoms with Crippen molar-refractivity contribution in [3.63, 3.8) is 0 Å². The molecule has 0 heterocycles. The van der Waals surface area contributed by atoms with Gasteiger partial charge in [0.15, 0.2) is 5.78 Å². The number of para-hydroxylation sites is 2. The predicted molar refractivity (Wildman–Crippen MR) is 181 cm³/mol. The number of hydrogen-bond acceptors (Lipinski definition) is 3. The lowest BCUT2D eigenvalue weighted by molar-refractivity contribution is -0.111. The molecule has 3 heteroatoms. The zero-order valence-electron chi connectivity index (χ0n) is 24.5. The Balaban J connectivity index is 1.56. The number of nitrogens with zero attached hydrogens (tertiary/aromatic N) is 1. The van der Waals surface area contributed by atoms with Gasteiger partial charge in [-0.25, -0.2) is 0 Å². The quantitative estimate of drug-likeness (QED) is 0.111. The van der Waals surface area contributed by atoms with Gasteiger partial charge in [0.05, 0.1) is 24.1 Å². The first-order valence-electron chi connectivity index (χ1n) is 14.5. The molecule has 0 saturated heterocycles. The molecule has 0 aliphatic carbocycles. The van der Waals surface area contributed by atoms with E-state index in [0.29, 0.717) is 11.3 Å². The maximum Gasteiger partial charge on any atom is 0.163 e. The van der Waals surface area contributed by atoms with Crippen LogP contribution in [0.15, 0.2) is 139 Å². The van der Waals surface area contributed by atoms with E-state index in [4.69, 9.17) is 4.74 Å². The summed E-state index contributed by atoms with van der Waals surface area (Å²) in [5, 5.41) is 6.84. The summed E-state index contributed by atoms with van der Waals surface area (Å²) in [5.41, 5.74) is 7.12. The van der Waals surface area contributed by atoms with Gasteiger partial charge >= 0.3 is 0 Å². The van der Waals surface area contributed by atoms with Gasteiger partial charge in [-0.1, -0.05) is 109 Å². The number of methoxy groups -OCH3 is 1. The topological polar surface area (TPSA) is 29.5 Å². The second-order valence-electron chi connectivity index (χ2n) is 10.9. The number of allylic oxidation sites excluding steroid dienone is 2. The van der Waals surface area contributed by atoms with Crippen LogP contribution in [0.4, 0.5) is 17.1 Å². The van der Waals surface area contributed by atoms with Crippen molar-refractivity contribution < 1.29 is 9.53 Å². The molecule has 7 aromatic carbocycles. The first kappa shape index (κ1) is 26.5. The number of rotatable bonds is 7.